The quantitative estimate of drug-likeness (QED) is 0.614. The van der Waals surface area contributed by atoms with E-state index in [1.165, 1.54) is 0 Å². The van der Waals surface area contributed by atoms with Crippen LogP contribution in [-0.4, -0.2) is 22.3 Å². The first-order valence-electron chi connectivity index (χ1n) is 6.18. The minimum absolute atomic E-state index is 0.0142. The van der Waals surface area contributed by atoms with Gasteiger partial charge in [-0.25, -0.2) is 4.79 Å². The molecule has 0 spiro atoms. The molecule has 1 heterocycles. The van der Waals surface area contributed by atoms with Crippen molar-refractivity contribution in [2.75, 3.05) is 0 Å². The summed E-state index contributed by atoms with van der Waals surface area (Å²) < 4.78 is 0.713. The zero-order valence-electron chi connectivity index (χ0n) is 10.9. The van der Waals surface area contributed by atoms with Gasteiger partial charge < -0.3 is 10.1 Å². The van der Waals surface area contributed by atoms with Crippen LogP contribution < -0.4 is 0 Å². The highest BCUT2D eigenvalue weighted by Gasteiger charge is 2.25. The summed E-state index contributed by atoms with van der Waals surface area (Å²) in [5, 5.41) is 9.32. The molecule has 0 aliphatic carbocycles. The van der Waals surface area contributed by atoms with E-state index in [1.807, 2.05) is 59.8 Å². The zero-order valence-corrected chi connectivity index (χ0v) is 13.0. The van der Waals surface area contributed by atoms with E-state index in [9.17, 15) is 14.7 Å². The molecule has 0 aliphatic rings. The van der Waals surface area contributed by atoms with Gasteiger partial charge in [0.15, 0.2) is 6.29 Å². The Hall–Kier alpha value is -1.63. The number of aldehydes is 1. The molecule has 4 nitrogen and oxygen atoms in total. The van der Waals surface area contributed by atoms with Crippen molar-refractivity contribution in [3.63, 3.8) is 0 Å². The average molecular weight is 383 g/mol. The van der Waals surface area contributed by atoms with Crippen molar-refractivity contribution < 1.29 is 14.7 Å². The molecule has 0 bridgehead atoms. The molecule has 0 saturated heterocycles. The number of halogens is 1. The molecule has 104 valence electrons. The summed E-state index contributed by atoms with van der Waals surface area (Å²) in [6.07, 6.45) is 1.29. The Morgan fingerprint density at radius 2 is 2.05 bits per heavy atom. The lowest BCUT2D eigenvalue weighted by Crippen LogP contribution is -2.08. The summed E-state index contributed by atoms with van der Waals surface area (Å²) in [5.41, 5.74) is 2.06. The normalized spacial score (nSPS) is 12.1. The van der Waals surface area contributed by atoms with E-state index in [-0.39, 0.29) is 17.2 Å². The van der Waals surface area contributed by atoms with E-state index in [0.29, 0.717) is 15.6 Å². The van der Waals surface area contributed by atoms with Gasteiger partial charge in [0, 0.05) is 5.56 Å². The number of benzene rings is 1. The maximum atomic E-state index is 11.4. The predicted octanol–water partition coefficient (Wildman–Crippen LogP) is 3.48. The van der Waals surface area contributed by atoms with Gasteiger partial charge in [0.1, 0.15) is 0 Å². The van der Waals surface area contributed by atoms with Crippen LogP contribution in [0.4, 0.5) is 0 Å². The lowest BCUT2D eigenvalue weighted by atomic mass is 9.92. The predicted molar refractivity (Wildman–Crippen MR) is 84.4 cm³/mol. The number of hydrogen-bond acceptors (Lipinski definition) is 2. The van der Waals surface area contributed by atoms with Crippen LogP contribution in [0.1, 0.15) is 44.8 Å². The lowest BCUT2D eigenvalue weighted by molar-refractivity contribution is 0.0692. The molecule has 5 heteroatoms. The Balaban J connectivity index is 2.39. The fourth-order valence-electron chi connectivity index (χ4n) is 2.35. The molecule has 0 radical (unpaired) electrons. The number of carbonyl (C=O) groups is 2. The third-order valence-electron chi connectivity index (χ3n) is 3.23. The number of H-pyrrole nitrogens is 1. The second-order valence-electron chi connectivity index (χ2n) is 4.66. The van der Waals surface area contributed by atoms with Crippen molar-refractivity contribution in [2.45, 2.75) is 19.3 Å². The van der Waals surface area contributed by atoms with Crippen LogP contribution in [0.25, 0.3) is 0 Å². The van der Waals surface area contributed by atoms with Crippen molar-refractivity contribution in [3.05, 3.63) is 56.4 Å². The molecular weight excluding hydrogens is 369 g/mol. The number of carboxylic acids is 1. The highest BCUT2D eigenvalue weighted by molar-refractivity contribution is 14.1. The monoisotopic (exact) mass is 383 g/mol. The number of nitrogens with one attached hydrogen (secondary N) is 1. The number of aromatic carboxylic acids is 1. The molecular formula is C15H14INO3. The summed E-state index contributed by atoms with van der Waals surface area (Å²) in [7, 11) is 0. The van der Waals surface area contributed by atoms with Crippen LogP contribution in [0.3, 0.4) is 0 Å². The molecule has 1 aromatic heterocycles. The molecule has 0 amide bonds. The fourth-order valence-corrected chi connectivity index (χ4v) is 3.45. The second-order valence-corrected chi connectivity index (χ2v) is 5.73. The van der Waals surface area contributed by atoms with E-state index in [4.69, 9.17) is 0 Å². The Labute approximate surface area is 130 Å². The molecule has 0 aliphatic heterocycles. The van der Waals surface area contributed by atoms with E-state index >= 15 is 0 Å². The van der Waals surface area contributed by atoms with Crippen molar-refractivity contribution in [1.29, 1.82) is 0 Å². The third-order valence-corrected chi connectivity index (χ3v) is 4.08. The topological polar surface area (TPSA) is 70.2 Å². The zero-order chi connectivity index (χ0) is 14.7. The van der Waals surface area contributed by atoms with Gasteiger partial charge in [0.2, 0.25) is 0 Å². The number of rotatable bonds is 5. The number of carboxylic acid groups (broad SMARTS) is 1. The van der Waals surface area contributed by atoms with Crippen LogP contribution in [0, 0.1) is 3.70 Å². The van der Waals surface area contributed by atoms with Crippen LogP contribution in [0.15, 0.2) is 30.3 Å². The molecule has 0 fully saturated rings. The Morgan fingerprint density at radius 1 is 1.40 bits per heavy atom. The van der Waals surface area contributed by atoms with Gasteiger partial charge >= 0.3 is 5.97 Å². The summed E-state index contributed by atoms with van der Waals surface area (Å²) in [6.45, 7) is 1.97. The van der Waals surface area contributed by atoms with Gasteiger partial charge in [-0.05, 0) is 40.5 Å². The summed E-state index contributed by atoms with van der Waals surface area (Å²) >= 11 is 2.04. The number of carbonyl (C=O) groups excluding carboxylic acids is 1. The second kappa shape index (κ2) is 6.21. The van der Waals surface area contributed by atoms with Gasteiger partial charge in [0.05, 0.1) is 15.0 Å². The Bertz CT molecular complexity index is 634. The Kier molecular flexibility index (Phi) is 4.59. The summed E-state index contributed by atoms with van der Waals surface area (Å²) in [6, 6.07) is 9.88. The standard InChI is InChI=1S/C15H14INO3/c1-9(7-10-5-3-2-4-6-10)12-13(15(19)20)11(8-18)17-14(12)16/h2-6,8-9,17H,7H2,1H3,(H,19,20). The van der Waals surface area contributed by atoms with Crippen LogP contribution >= 0.6 is 22.6 Å². The Morgan fingerprint density at radius 3 is 2.60 bits per heavy atom. The van der Waals surface area contributed by atoms with E-state index in [1.54, 1.807) is 0 Å². The molecule has 20 heavy (non-hydrogen) atoms. The summed E-state index contributed by atoms with van der Waals surface area (Å²) in [4.78, 5) is 25.2. The SMILES string of the molecule is CC(Cc1ccccc1)c1c(I)[nH]c(C=O)c1C(=O)O. The molecule has 0 saturated carbocycles. The lowest BCUT2D eigenvalue weighted by Gasteiger charge is -2.12. The smallest absolute Gasteiger partial charge is 0.338 e. The van der Waals surface area contributed by atoms with Gasteiger partial charge in [0.25, 0.3) is 0 Å². The first-order chi connectivity index (χ1) is 9.54. The third kappa shape index (κ3) is 2.92. The molecule has 1 aromatic carbocycles. The molecule has 2 rings (SSSR count). The summed E-state index contributed by atoms with van der Waals surface area (Å²) in [5.74, 6) is -1.05. The number of aromatic nitrogens is 1. The largest absolute Gasteiger partial charge is 0.478 e. The minimum atomic E-state index is -1.07. The van der Waals surface area contributed by atoms with E-state index < -0.39 is 5.97 Å². The molecule has 2 aromatic rings. The number of hydrogen-bond donors (Lipinski definition) is 2. The van der Waals surface area contributed by atoms with Crippen LogP contribution in [-0.2, 0) is 6.42 Å². The van der Waals surface area contributed by atoms with Crippen molar-refractivity contribution in [1.82, 2.24) is 4.98 Å². The van der Waals surface area contributed by atoms with Gasteiger partial charge in [-0.2, -0.15) is 0 Å². The maximum Gasteiger partial charge on any atom is 0.338 e. The van der Waals surface area contributed by atoms with E-state index in [0.717, 1.165) is 12.0 Å². The van der Waals surface area contributed by atoms with Gasteiger partial charge in [-0.15, -0.1) is 0 Å². The van der Waals surface area contributed by atoms with Gasteiger partial charge in [-0.3, -0.25) is 4.79 Å². The van der Waals surface area contributed by atoms with E-state index in [2.05, 4.69) is 4.98 Å². The van der Waals surface area contributed by atoms with Crippen molar-refractivity contribution >= 4 is 34.8 Å². The molecule has 1 unspecified atom stereocenters. The van der Waals surface area contributed by atoms with Crippen LogP contribution in [0.5, 0.6) is 0 Å². The van der Waals surface area contributed by atoms with Gasteiger partial charge in [-0.1, -0.05) is 37.3 Å². The fraction of sp³-hybridized carbons (Fsp3) is 0.200. The maximum absolute atomic E-state index is 11.4. The molecule has 1 atom stereocenters. The molecule has 2 N–H and O–H groups in total. The first-order valence-corrected chi connectivity index (χ1v) is 7.26. The average Bonchev–Trinajstić information content (AvgIpc) is 2.77. The van der Waals surface area contributed by atoms with Crippen molar-refractivity contribution in [2.24, 2.45) is 0 Å². The number of aromatic amines is 1. The van der Waals surface area contributed by atoms with Crippen LogP contribution in [0.2, 0.25) is 0 Å². The minimum Gasteiger partial charge on any atom is -0.478 e. The van der Waals surface area contributed by atoms with Crippen molar-refractivity contribution in [3.8, 4) is 0 Å². The first kappa shape index (κ1) is 14.8. The highest BCUT2D eigenvalue weighted by atomic mass is 127. The highest BCUT2D eigenvalue weighted by Crippen LogP contribution is 2.30.